The highest BCUT2D eigenvalue weighted by Gasteiger charge is 2.25. The fourth-order valence-electron chi connectivity index (χ4n) is 1.58. The van der Waals surface area contributed by atoms with Crippen molar-refractivity contribution in [2.24, 2.45) is 7.05 Å². The third kappa shape index (κ3) is 2.24. The Labute approximate surface area is 105 Å². The van der Waals surface area contributed by atoms with Crippen LogP contribution in [0.2, 0.25) is 0 Å². The molecule has 2 aromatic rings. The third-order valence-electron chi connectivity index (χ3n) is 2.50. The molecule has 0 aliphatic heterocycles. The number of hydrogen-bond acceptors (Lipinski definition) is 5. The van der Waals surface area contributed by atoms with E-state index in [9.17, 15) is 8.42 Å². The molecule has 0 saturated heterocycles. The number of nitrogens with zero attached hydrogens (tertiary/aromatic N) is 3. The minimum Gasteiger partial charge on any atom is -0.472 e. The van der Waals surface area contributed by atoms with E-state index in [0.29, 0.717) is 0 Å². The number of hydrogen-bond donors (Lipinski definition) is 1. The van der Waals surface area contributed by atoms with Crippen LogP contribution in [-0.4, -0.2) is 29.6 Å². The minimum absolute atomic E-state index is 0.00320. The Hall–Kier alpha value is -1.80. The molecule has 2 heterocycles. The lowest BCUT2D eigenvalue weighted by atomic mass is 10.3. The van der Waals surface area contributed by atoms with Gasteiger partial charge in [-0.3, -0.25) is 4.68 Å². The summed E-state index contributed by atoms with van der Waals surface area (Å²) >= 11 is 0. The number of aryl methyl sites for hydroxylation is 1. The smallest absolute Gasteiger partial charge is 0.248 e. The van der Waals surface area contributed by atoms with Gasteiger partial charge >= 0.3 is 0 Å². The molecular weight excluding hydrogens is 256 g/mol. The molecule has 8 heteroatoms. The Bertz CT molecular complexity index is 630. The highest BCUT2D eigenvalue weighted by Crippen LogP contribution is 2.21. The normalized spacial score (nSPS) is 12.2. The first-order chi connectivity index (χ1) is 8.41. The Kier molecular flexibility index (Phi) is 3.14. The molecule has 98 valence electrons. The van der Waals surface area contributed by atoms with Gasteiger partial charge in [-0.15, -0.1) is 0 Å². The van der Waals surface area contributed by atoms with Crippen molar-refractivity contribution in [2.45, 2.75) is 11.4 Å². The maximum Gasteiger partial charge on any atom is 0.248 e. The van der Waals surface area contributed by atoms with Crippen molar-refractivity contribution in [1.82, 2.24) is 14.1 Å². The molecule has 0 atom stereocenters. The van der Waals surface area contributed by atoms with Crippen molar-refractivity contribution in [3.8, 4) is 0 Å². The van der Waals surface area contributed by atoms with Crippen molar-refractivity contribution in [2.75, 3.05) is 12.8 Å². The Balaban J connectivity index is 2.28. The number of rotatable bonds is 4. The number of nitrogens with two attached hydrogens (primary N) is 1. The highest BCUT2D eigenvalue weighted by atomic mass is 32.2. The van der Waals surface area contributed by atoms with E-state index in [1.54, 1.807) is 13.1 Å². The molecule has 0 aliphatic carbocycles. The maximum absolute atomic E-state index is 12.3. The van der Waals surface area contributed by atoms with E-state index in [0.717, 1.165) is 5.56 Å². The van der Waals surface area contributed by atoms with Gasteiger partial charge in [-0.2, -0.15) is 9.40 Å². The summed E-state index contributed by atoms with van der Waals surface area (Å²) in [5, 5.41) is 3.83. The molecule has 0 aliphatic rings. The van der Waals surface area contributed by atoms with Crippen LogP contribution in [0, 0.1) is 0 Å². The van der Waals surface area contributed by atoms with Gasteiger partial charge in [0.15, 0.2) is 5.82 Å². The first-order valence-electron chi connectivity index (χ1n) is 5.18. The van der Waals surface area contributed by atoms with E-state index in [4.69, 9.17) is 10.2 Å². The highest BCUT2D eigenvalue weighted by molar-refractivity contribution is 7.89. The molecule has 0 unspecified atom stereocenters. The van der Waals surface area contributed by atoms with E-state index in [1.165, 1.54) is 34.8 Å². The van der Waals surface area contributed by atoms with Crippen molar-refractivity contribution < 1.29 is 12.8 Å². The standard InChI is InChI=1S/C10H14N4O3S/c1-13-6-9(10(11)12-13)18(15,16)14(2)5-8-3-4-17-7-8/h3-4,6-7H,5H2,1-2H3,(H2,11,12). The zero-order valence-electron chi connectivity index (χ0n) is 10.1. The number of anilines is 1. The van der Waals surface area contributed by atoms with Crippen molar-refractivity contribution in [3.05, 3.63) is 30.4 Å². The number of aromatic nitrogens is 2. The number of furan rings is 1. The van der Waals surface area contributed by atoms with Crippen LogP contribution in [0.5, 0.6) is 0 Å². The lowest BCUT2D eigenvalue weighted by Gasteiger charge is -2.15. The van der Waals surface area contributed by atoms with E-state index < -0.39 is 10.0 Å². The van der Waals surface area contributed by atoms with Crippen LogP contribution in [0.1, 0.15) is 5.56 Å². The summed E-state index contributed by atoms with van der Waals surface area (Å²) in [6, 6.07) is 1.71. The monoisotopic (exact) mass is 270 g/mol. The second-order valence-electron chi connectivity index (χ2n) is 3.94. The summed E-state index contributed by atoms with van der Waals surface area (Å²) in [6.07, 6.45) is 4.38. The molecule has 0 saturated carbocycles. The summed E-state index contributed by atoms with van der Waals surface area (Å²) in [4.78, 5) is 0.0102. The molecule has 7 nitrogen and oxygen atoms in total. The van der Waals surface area contributed by atoms with E-state index in [-0.39, 0.29) is 17.3 Å². The van der Waals surface area contributed by atoms with Crippen LogP contribution >= 0.6 is 0 Å². The number of nitrogen functional groups attached to an aromatic ring is 1. The predicted octanol–water partition coefficient (Wildman–Crippen LogP) is 0.416. The van der Waals surface area contributed by atoms with E-state index in [1.807, 2.05) is 0 Å². The maximum atomic E-state index is 12.3. The fourth-order valence-corrected chi connectivity index (χ4v) is 2.82. The minimum atomic E-state index is -3.64. The molecule has 0 bridgehead atoms. The zero-order valence-corrected chi connectivity index (χ0v) is 10.9. The first kappa shape index (κ1) is 12.7. The third-order valence-corrected chi connectivity index (χ3v) is 4.32. The molecule has 2 N–H and O–H groups in total. The van der Waals surface area contributed by atoms with Gasteiger partial charge in [0.25, 0.3) is 0 Å². The molecule has 2 aromatic heterocycles. The molecule has 18 heavy (non-hydrogen) atoms. The quantitative estimate of drug-likeness (QED) is 0.868. The Morgan fingerprint density at radius 2 is 2.28 bits per heavy atom. The van der Waals surface area contributed by atoms with Gasteiger partial charge < -0.3 is 10.2 Å². The molecule has 0 radical (unpaired) electrons. The molecule has 0 spiro atoms. The van der Waals surface area contributed by atoms with Crippen LogP contribution < -0.4 is 5.73 Å². The van der Waals surface area contributed by atoms with Crippen LogP contribution in [0.3, 0.4) is 0 Å². The largest absolute Gasteiger partial charge is 0.472 e. The van der Waals surface area contributed by atoms with E-state index >= 15 is 0 Å². The van der Waals surface area contributed by atoms with Gasteiger partial charge in [0.1, 0.15) is 4.90 Å². The SMILES string of the molecule is CN(Cc1ccoc1)S(=O)(=O)c1cn(C)nc1N. The van der Waals surface area contributed by atoms with Gasteiger partial charge in [0, 0.05) is 32.4 Å². The van der Waals surface area contributed by atoms with Crippen LogP contribution in [0.15, 0.2) is 34.1 Å². The van der Waals surface area contributed by atoms with Crippen molar-refractivity contribution >= 4 is 15.8 Å². The molecule has 0 aromatic carbocycles. The van der Waals surface area contributed by atoms with Crippen LogP contribution in [0.4, 0.5) is 5.82 Å². The topological polar surface area (TPSA) is 94.4 Å². The zero-order chi connectivity index (χ0) is 13.3. The average molecular weight is 270 g/mol. The van der Waals surface area contributed by atoms with Gasteiger partial charge in [-0.25, -0.2) is 8.42 Å². The summed E-state index contributed by atoms with van der Waals surface area (Å²) < 4.78 is 32.0. The van der Waals surface area contributed by atoms with Crippen LogP contribution in [-0.2, 0) is 23.6 Å². The fraction of sp³-hybridized carbons (Fsp3) is 0.300. The first-order valence-corrected chi connectivity index (χ1v) is 6.62. The van der Waals surface area contributed by atoms with Gasteiger partial charge in [0.05, 0.1) is 12.5 Å². The van der Waals surface area contributed by atoms with Gasteiger partial charge in [-0.1, -0.05) is 0 Å². The Morgan fingerprint density at radius 3 is 2.78 bits per heavy atom. The lowest BCUT2D eigenvalue weighted by Crippen LogP contribution is -2.26. The average Bonchev–Trinajstić information content (AvgIpc) is 2.88. The second-order valence-corrected chi connectivity index (χ2v) is 5.96. The van der Waals surface area contributed by atoms with Crippen LogP contribution in [0.25, 0.3) is 0 Å². The summed E-state index contributed by atoms with van der Waals surface area (Å²) in [6.45, 7) is 0.215. The number of sulfonamides is 1. The summed E-state index contributed by atoms with van der Waals surface area (Å²) in [5.74, 6) is -0.00320. The van der Waals surface area contributed by atoms with Gasteiger partial charge in [-0.05, 0) is 6.07 Å². The lowest BCUT2D eigenvalue weighted by molar-refractivity contribution is 0.463. The molecule has 0 fully saturated rings. The summed E-state index contributed by atoms with van der Waals surface area (Å²) in [5.41, 5.74) is 6.35. The second kappa shape index (κ2) is 4.46. The summed E-state index contributed by atoms with van der Waals surface area (Å²) in [7, 11) is -0.544. The molecular formula is C10H14N4O3S. The predicted molar refractivity (Wildman–Crippen MR) is 65.0 cm³/mol. The molecule has 2 rings (SSSR count). The van der Waals surface area contributed by atoms with E-state index in [2.05, 4.69) is 5.10 Å². The van der Waals surface area contributed by atoms with Crippen molar-refractivity contribution in [3.63, 3.8) is 0 Å². The van der Waals surface area contributed by atoms with Crippen molar-refractivity contribution in [1.29, 1.82) is 0 Å². The molecule has 0 amide bonds. The van der Waals surface area contributed by atoms with Gasteiger partial charge in [0.2, 0.25) is 10.0 Å². The Morgan fingerprint density at radius 1 is 1.56 bits per heavy atom.